The third-order valence-corrected chi connectivity index (χ3v) is 6.63. The van der Waals surface area contributed by atoms with Crippen molar-refractivity contribution in [2.45, 2.75) is 9.79 Å². The maximum atomic E-state index is 12.7. The van der Waals surface area contributed by atoms with Crippen molar-refractivity contribution in [1.29, 1.82) is 0 Å². The van der Waals surface area contributed by atoms with Crippen molar-refractivity contribution < 1.29 is 26.3 Å². The van der Waals surface area contributed by atoms with Gasteiger partial charge in [-0.25, -0.2) is 31.5 Å². The van der Waals surface area contributed by atoms with Gasteiger partial charge in [-0.1, -0.05) is 0 Å². The zero-order valence-electron chi connectivity index (χ0n) is 15.9. The molecule has 1 heterocycles. The summed E-state index contributed by atoms with van der Waals surface area (Å²) in [5.41, 5.74) is 0.169. The number of aromatic nitrogens is 2. The summed E-state index contributed by atoms with van der Waals surface area (Å²) < 4.78 is 65.1. The molecule has 0 radical (unpaired) electrons. The van der Waals surface area contributed by atoms with Crippen LogP contribution in [0.25, 0.3) is 0 Å². The Kier molecular flexibility index (Phi) is 6.08. The number of sulfonamides is 2. The van der Waals surface area contributed by atoms with Gasteiger partial charge in [-0.3, -0.25) is 4.72 Å². The molecule has 0 fully saturated rings. The molecule has 10 nitrogen and oxygen atoms in total. The molecule has 3 rings (SSSR count). The summed E-state index contributed by atoms with van der Waals surface area (Å²) in [5, 5.41) is 0. The van der Waals surface area contributed by atoms with Crippen LogP contribution in [0.2, 0.25) is 0 Å². The largest absolute Gasteiger partial charge is 0.497 e. The molecule has 0 saturated carbocycles. The molecule has 0 spiro atoms. The first-order chi connectivity index (χ1) is 14.2. The number of ether oxygens (including phenoxy) is 2. The maximum Gasteiger partial charge on any atom is 0.265 e. The van der Waals surface area contributed by atoms with Gasteiger partial charge in [0.15, 0.2) is 0 Å². The molecule has 0 unspecified atom stereocenters. The third kappa shape index (κ3) is 4.78. The molecule has 0 atom stereocenters. The number of nitrogens with one attached hydrogen (secondary N) is 2. The zero-order chi connectivity index (χ0) is 21.8. The molecular formula is C18H18N4O6S2. The van der Waals surface area contributed by atoms with E-state index in [1.807, 2.05) is 0 Å². The van der Waals surface area contributed by atoms with Crippen LogP contribution in [0.15, 0.2) is 70.7 Å². The highest BCUT2D eigenvalue weighted by Gasteiger charge is 2.21. The van der Waals surface area contributed by atoms with Crippen LogP contribution in [-0.2, 0) is 20.0 Å². The molecule has 0 saturated heterocycles. The Labute approximate surface area is 174 Å². The van der Waals surface area contributed by atoms with E-state index in [0.29, 0.717) is 5.75 Å². The summed E-state index contributed by atoms with van der Waals surface area (Å²) >= 11 is 0. The Morgan fingerprint density at radius 1 is 0.800 bits per heavy atom. The maximum absolute atomic E-state index is 12.7. The van der Waals surface area contributed by atoms with Gasteiger partial charge >= 0.3 is 0 Å². The molecule has 30 heavy (non-hydrogen) atoms. The van der Waals surface area contributed by atoms with Gasteiger partial charge in [0.1, 0.15) is 16.4 Å². The lowest BCUT2D eigenvalue weighted by Gasteiger charge is -2.13. The normalized spacial score (nSPS) is 11.5. The second-order valence-corrected chi connectivity index (χ2v) is 9.16. The van der Waals surface area contributed by atoms with E-state index >= 15 is 0 Å². The predicted octanol–water partition coefficient (Wildman–Crippen LogP) is 2.10. The molecule has 158 valence electrons. The van der Waals surface area contributed by atoms with E-state index in [1.54, 1.807) is 6.07 Å². The minimum absolute atomic E-state index is 0.0751. The lowest BCUT2D eigenvalue weighted by atomic mass is 10.3. The lowest BCUT2D eigenvalue weighted by molar-refractivity contribution is 0.386. The minimum Gasteiger partial charge on any atom is -0.497 e. The van der Waals surface area contributed by atoms with E-state index in [9.17, 15) is 16.8 Å². The molecular weight excluding hydrogens is 432 g/mol. The standard InChI is InChI=1S/C18H18N4O6S2/c1-27-14-6-9-17(16(12-14)28-2)30(25,26)21-13-4-7-15(8-5-13)29(23,24)22-18-19-10-3-11-20-18/h3-12,21H,1-2H3,(H,19,20,22). The smallest absolute Gasteiger partial charge is 0.265 e. The molecule has 0 amide bonds. The number of methoxy groups -OCH3 is 2. The first kappa shape index (κ1) is 21.3. The topological polar surface area (TPSA) is 137 Å². The van der Waals surface area contributed by atoms with Crippen LogP contribution in [0.5, 0.6) is 11.5 Å². The van der Waals surface area contributed by atoms with Crippen LogP contribution < -0.4 is 18.9 Å². The Hall–Kier alpha value is -3.38. The van der Waals surface area contributed by atoms with Gasteiger partial charge in [0.2, 0.25) is 5.95 Å². The number of rotatable bonds is 8. The SMILES string of the molecule is COc1ccc(S(=O)(=O)Nc2ccc(S(=O)(=O)Nc3ncccn3)cc2)c(OC)c1. The minimum atomic E-state index is -3.99. The number of anilines is 2. The monoisotopic (exact) mass is 450 g/mol. The van der Waals surface area contributed by atoms with E-state index in [2.05, 4.69) is 19.4 Å². The van der Waals surface area contributed by atoms with E-state index < -0.39 is 20.0 Å². The molecule has 0 aliphatic carbocycles. The van der Waals surface area contributed by atoms with Gasteiger partial charge in [-0.05, 0) is 42.5 Å². The summed E-state index contributed by atoms with van der Waals surface area (Å²) in [4.78, 5) is 7.43. The van der Waals surface area contributed by atoms with E-state index in [4.69, 9.17) is 9.47 Å². The molecule has 2 N–H and O–H groups in total. The molecule has 1 aromatic heterocycles. The highest BCUT2D eigenvalue weighted by molar-refractivity contribution is 7.93. The van der Waals surface area contributed by atoms with Crippen LogP contribution in [0.3, 0.4) is 0 Å². The number of benzene rings is 2. The third-order valence-electron chi connectivity index (χ3n) is 3.87. The Balaban J connectivity index is 1.81. The summed E-state index contributed by atoms with van der Waals surface area (Å²) in [7, 11) is -5.13. The number of nitrogens with zero attached hydrogens (tertiary/aromatic N) is 2. The van der Waals surface area contributed by atoms with Crippen molar-refractivity contribution in [3.63, 3.8) is 0 Å². The average molecular weight is 450 g/mol. The molecule has 12 heteroatoms. The highest BCUT2D eigenvalue weighted by atomic mass is 32.2. The van der Waals surface area contributed by atoms with Gasteiger partial charge in [0, 0.05) is 24.1 Å². The summed E-state index contributed by atoms with van der Waals surface area (Å²) in [5.74, 6) is 0.470. The van der Waals surface area contributed by atoms with Crippen LogP contribution >= 0.6 is 0 Å². The van der Waals surface area contributed by atoms with Gasteiger partial charge in [-0.2, -0.15) is 0 Å². The molecule has 3 aromatic rings. The molecule has 0 aliphatic heterocycles. The second kappa shape index (κ2) is 8.55. The van der Waals surface area contributed by atoms with Crippen LogP contribution in [0, 0.1) is 0 Å². The molecule has 0 aliphatic rings. The van der Waals surface area contributed by atoms with Gasteiger partial charge in [0.25, 0.3) is 20.0 Å². The van der Waals surface area contributed by atoms with Crippen molar-refractivity contribution in [1.82, 2.24) is 9.97 Å². The fourth-order valence-corrected chi connectivity index (χ4v) is 4.61. The first-order valence-corrected chi connectivity index (χ1v) is 11.4. The second-order valence-electron chi connectivity index (χ2n) is 5.82. The van der Waals surface area contributed by atoms with Crippen molar-refractivity contribution in [3.05, 3.63) is 60.9 Å². The fourth-order valence-electron chi connectivity index (χ4n) is 2.44. The van der Waals surface area contributed by atoms with E-state index in [-0.39, 0.29) is 27.2 Å². The highest BCUT2D eigenvalue weighted by Crippen LogP contribution is 2.30. The van der Waals surface area contributed by atoms with Crippen molar-refractivity contribution in [3.8, 4) is 11.5 Å². The van der Waals surface area contributed by atoms with E-state index in [1.165, 1.54) is 69.1 Å². The van der Waals surface area contributed by atoms with Crippen molar-refractivity contribution in [2.75, 3.05) is 23.7 Å². The average Bonchev–Trinajstić information content (AvgIpc) is 2.73. The van der Waals surface area contributed by atoms with Crippen molar-refractivity contribution >= 4 is 31.7 Å². The molecule has 0 bridgehead atoms. The summed E-state index contributed by atoms with van der Waals surface area (Å²) in [6.07, 6.45) is 2.80. The Bertz CT molecular complexity index is 1230. The fraction of sp³-hybridized carbons (Fsp3) is 0.111. The van der Waals surface area contributed by atoms with Gasteiger partial charge in [0.05, 0.1) is 19.1 Å². The van der Waals surface area contributed by atoms with Crippen molar-refractivity contribution in [2.24, 2.45) is 0 Å². The Morgan fingerprint density at radius 3 is 2.07 bits per heavy atom. The van der Waals surface area contributed by atoms with Crippen LogP contribution in [-0.4, -0.2) is 41.0 Å². The molecule has 2 aromatic carbocycles. The summed E-state index contributed by atoms with van der Waals surface area (Å²) in [6, 6.07) is 11.0. The first-order valence-electron chi connectivity index (χ1n) is 8.40. The quantitative estimate of drug-likeness (QED) is 0.532. The lowest BCUT2D eigenvalue weighted by Crippen LogP contribution is -2.16. The zero-order valence-corrected chi connectivity index (χ0v) is 17.6. The van der Waals surface area contributed by atoms with Crippen LogP contribution in [0.1, 0.15) is 0 Å². The Morgan fingerprint density at radius 2 is 1.47 bits per heavy atom. The number of hydrogen-bond donors (Lipinski definition) is 2. The van der Waals surface area contributed by atoms with Crippen LogP contribution in [0.4, 0.5) is 11.6 Å². The summed E-state index contributed by atoms with van der Waals surface area (Å²) in [6.45, 7) is 0. The van der Waals surface area contributed by atoms with Gasteiger partial charge in [-0.15, -0.1) is 0 Å². The van der Waals surface area contributed by atoms with E-state index in [0.717, 1.165) is 0 Å². The predicted molar refractivity (Wildman–Crippen MR) is 110 cm³/mol. The number of hydrogen-bond acceptors (Lipinski definition) is 8. The van der Waals surface area contributed by atoms with Gasteiger partial charge < -0.3 is 9.47 Å².